The lowest BCUT2D eigenvalue weighted by Gasteiger charge is -2.37. The average Bonchev–Trinajstić information content (AvgIpc) is 3.07. The second-order valence-corrected chi connectivity index (χ2v) is 5.85. The van der Waals surface area contributed by atoms with Crippen molar-refractivity contribution in [2.24, 2.45) is 5.84 Å². The van der Waals surface area contributed by atoms with Gasteiger partial charge in [0.2, 0.25) is 0 Å². The molecule has 1 saturated heterocycles. The first-order valence-corrected chi connectivity index (χ1v) is 7.47. The number of nitrogens with zero attached hydrogens (tertiary/aromatic N) is 2. The van der Waals surface area contributed by atoms with Crippen molar-refractivity contribution in [3.63, 3.8) is 0 Å². The average molecular weight is 282 g/mol. The van der Waals surface area contributed by atoms with Crippen molar-refractivity contribution < 1.29 is 9.53 Å². The van der Waals surface area contributed by atoms with Crippen molar-refractivity contribution in [1.82, 2.24) is 15.3 Å². The number of fused-ring (bicyclic) bond motifs is 1. The van der Waals surface area contributed by atoms with Gasteiger partial charge in [0.1, 0.15) is 0 Å². The second-order valence-electron chi connectivity index (χ2n) is 5.00. The summed E-state index contributed by atoms with van der Waals surface area (Å²) >= 11 is 1.33. The van der Waals surface area contributed by atoms with Gasteiger partial charge in [-0.25, -0.2) is 10.8 Å². The molecule has 2 heterocycles. The third-order valence-electron chi connectivity index (χ3n) is 3.84. The normalized spacial score (nSPS) is 27.2. The van der Waals surface area contributed by atoms with Gasteiger partial charge in [-0.15, -0.1) is 11.3 Å². The number of nitrogens with one attached hydrogen (secondary N) is 1. The van der Waals surface area contributed by atoms with Crippen LogP contribution in [-0.4, -0.2) is 41.1 Å². The maximum Gasteiger partial charge on any atom is 0.294 e. The van der Waals surface area contributed by atoms with Crippen molar-refractivity contribution in [3.05, 3.63) is 16.1 Å². The molecule has 2 unspecified atom stereocenters. The Hall–Kier alpha value is -1.02. The van der Waals surface area contributed by atoms with Crippen LogP contribution < -0.4 is 11.3 Å². The maximum atomic E-state index is 11.4. The van der Waals surface area contributed by atoms with Crippen LogP contribution in [0.4, 0.5) is 0 Å². The van der Waals surface area contributed by atoms with E-state index in [1.165, 1.54) is 30.6 Å². The number of thiazole rings is 1. The summed E-state index contributed by atoms with van der Waals surface area (Å²) in [6, 6.07) is 0.516. The number of carbonyl (C=O) groups is 1. The summed E-state index contributed by atoms with van der Waals surface area (Å²) in [4.78, 5) is 18.1. The fourth-order valence-electron chi connectivity index (χ4n) is 2.96. The van der Waals surface area contributed by atoms with E-state index >= 15 is 0 Å². The molecule has 2 fully saturated rings. The third kappa shape index (κ3) is 2.64. The smallest absolute Gasteiger partial charge is 0.294 e. The number of hydrogen-bond acceptors (Lipinski definition) is 6. The molecular weight excluding hydrogens is 264 g/mol. The Kier molecular flexibility index (Phi) is 3.79. The van der Waals surface area contributed by atoms with Gasteiger partial charge in [-0.1, -0.05) is 0 Å². The van der Waals surface area contributed by atoms with Crippen LogP contribution in [0.5, 0.6) is 0 Å². The lowest BCUT2D eigenvalue weighted by atomic mass is 10.1. The Morgan fingerprint density at radius 3 is 3.37 bits per heavy atom. The van der Waals surface area contributed by atoms with Gasteiger partial charge < -0.3 is 4.74 Å². The molecule has 0 spiro atoms. The molecule has 1 aromatic heterocycles. The van der Waals surface area contributed by atoms with Gasteiger partial charge in [0.15, 0.2) is 5.01 Å². The van der Waals surface area contributed by atoms with Crippen molar-refractivity contribution in [1.29, 1.82) is 0 Å². The molecule has 1 aliphatic carbocycles. The van der Waals surface area contributed by atoms with Gasteiger partial charge in [0, 0.05) is 24.5 Å². The van der Waals surface area contributed by atoms with E-state index in [0.717, 1.165) is 25.4 Å². The predicted molar refractivity (Wildman–Crippen MR) is 71.6 cm³/mol. The second kappa shape index (κ2) is 5.54. The van der Waals surface area contributed by atoms with Crippen LogP contribution >= 0.6 is 11.3 Å². The Balaban J connectivity index is 1.67. The number of ether oxygens (including phenoxy) is 1. The van der Waals surface area contributed by atoms with E-state index in [0.29, 0.717) is 17.2 Å². The van der Waals surface area contributed by atoms with Crippen molar-refractivity contribution in [3.8, 4) is 0 Å². The van der Waals surface area contributed by atoms with Crippen LogP contribution in [-0.2, 0) is 11.3 Å². The monoisotopic (exact) mass is 282 g/mol. The van der Waals surface area contributed by atoms with E-state index in [4.69, 9.17) is 10.6 Å². The number of rotatable bonds is 3. The van der Waals surface area contributed by atoms with Gasteiger partial charge >= 0.3 is 0 Å². The molecule has 1 amide bonds. The summed E-state index contributed by atoms with van der Waals surface area (Å²) in [5, 5.41) is 2.36. The van der Waals surface area contributed by atoms with E-state index in [1.807, 2.05) is 5.38 Å². The highest BCUT2D eigenvalue weighted by molar-refractivity contribution is 7.11. The molecule has 1 aliphatic heterocycles. The molecule has 0 radical (unpaired) electrons. The number of morpholine rings is 1. The first-order chi connectivity index (χ1) is 9.28. The predicted octanol–water partition coefficient (Wildman–Crippen LogP) is 0.500. The van der Waals surface area contributed by atoms with E-state index < -0.39 is 0 Å². The molecule has 0 aromatic carbocycles. The largest absolute Gasteiger partial charge is 0.375 e. The highest BCUT2D eigenvalue weighted by Crippen LogP contribution is 2.30. The van der Waals surface area contributed by atoms with Crippen LogP contribution in [0.1, 0.15) is 34.8 Å². The van der Waals surface area contributed by atoms with Gasteiger partial charge in [-0.3, -0.25) is 15.1 Å². The van der Waals surface area contributed by atoms with E-state index in [9.17, 15) is 4.79 Å². The number of hydrazine groups is 1. The summed E-state index contributed by atoms with van der Waals surface area (Å²) < 4.78 is 5.79. The first kappa shape index (κ1) is 13.0. The molecular formula is C12H18N4O2S. The summed E-state index contributed by atoms with van der Waals surface area (Å²) in [5.41, 5.74) is 3.05. The van der Waals surface area contributed by atoms with Gasteiger partial charge in [-0.2, -0.15) is 0 Å². The minimum atomic E-state index is -0.322. The Morgan fingerprint density at radius 2 is 2.53 bits per heavy atom. The van der Waals surface area contributed by atoms with E-state index in [-0.39, 0.29) is 5.91 Å². The zero-order valence-electron chi connectivity index (χ0n) is 10.7. The van der Waals surface area contributed by atoms with Crippen LogP contribution in [0.25, 0.3) is 0 Å². The standard InChI is InChI=1S/C12H18N4O2S/c13-15-11(17)12-14-8(7-19-12)6-16-4-5-18-10-3-1-2-9(10)16/h7,9-10H,1-6,13H2,(H,15,17). The molecule has 19 heavy (non-hydrogen) atoms. The summed E-state index contributed by atoms with van der Waals surface area (Å²) in [6.07, 6.45) is 3.99. The van der Waals surface area contributed by atoms with Crippen LogP contribution in [0.15, 0.2) is 5.38 Å². The third-order valence-corrected chi connectivity index (χ3v) is 4.73. The number of carbonyl (C=O) groups excluding carboxylic acids is 1. The van der Waals surface area contributed by atoms with Crippen molar-refractivity contribution >= 4 is 17.2 Å². The minimum absolute atomic E-state index is 0.322. The summed E-state index contributed by atoms with van der Waals surface area (Å²) in [5.74, 6) is 4.79. The van der Waals surface area contributed by atoms with E-state index in [1.54, 1.807) is 0 Å². The quantitative estimate of drug-likeness (QED) is 0.479. The Labute approximate surface area is 115 Å². The molecule has 0 bridgehead atoms. The van der Waals surface area contributed by atoms with Crippen LogP contribution in [0.3, 0.4) is 0 Å². The molecule has 2 aliphatic rings. The highest BCUT2D eigenvalue weighted by Gasteiger charge is 2.36. The Bertz CT molecular complexity index is 464. The molecule has 6 nitrogen and oxygen atoms in total. The Morgan fingerprint density at radius 1 is 1.63 bits per heavy atom. The van der Waals surface area contributed by atoms with E-state index in [2.05, 4.69) is 15.3 Å². The lowest BCUT2D eigenvalue weighted by molar-refractivity contribution is -0.0591. The zero-order valence-corrected chi connectivity index (χ0v) is 11.5. The molecule has 3 rings (SSSR count). The number of nitrogen functional groups attached to an aromatic ring is 1. The SMILES string of the molecule is NNC(=O)c1nc(CN2CCOC3CCCC32)cs1. The maximum absolute atomic E-state index is 11.4. The molecule has 7 heteroatoms. The number of aromatic nitrogens is 1. The molecule has 104 valence electrons. The van der Waals surface area contributed by atoms with Crippen molar-refractivity contribution in [2.45, 2.75) is 38.0 Å². The number of nitrogens with two attached hydrogens (primary N) is 1. The van der Waals surface area contributed by atoms with Gasteiger partial charge in [-0.05, 0) is 19.3 Å². The van der Waals surface area contributed by atoms with Crippen LogP contribution in [0, 0.1) is 0 Å². The lowest BCUT2D eigenvalue weighted by Crippen LogP contribution is -2.47. The minimum Gasteiger partial charge on any atom is -0.375 e. The summed E-state index contributed by atoms with van der Waals surface area (Å²) in [6.45, 7) is 2.53. The number of hydrogen-bond donors (Lipinski definition) is 2. The number of amides is 1. The van der Waals surface area contributed by atoms with Gasteiger partial charge in [0.05, 0.1) is 18.4 Å². The fraction of sp³-hybridized carbons (Fsp3) is 0.667. The molecule has 3 N–H and O–H groups in total. The first-order valence-electron chi connectivity index (χ1n) is 6.59. The van der Waals surface area contributed by atoms with Gasteiger partial charge in [0.25, 0.3) is 5.91 Å². The fourth-order valence-corrected chi connectivity index (χ4v) is 3.67. The molecule has 1 saturated carbocycles. The van der Waals surface area contributed by atoms with Crippen molar-refractivity contribution in [2.75, 3.05) is 13.2 Å². The topological polar surface area (TPSA) is 80.5 Å². The summed E-state index contributed by atoms with van der Waals surface area (Å²) in [7, 11) is 0. The molecule has 1 aromatic rings. The highest BCUT2D eigenvalue weighted by atomic mass is 32.1. The molecule has 2 atom stereocenters. The van der Waals surface area contributed by atoms with Crippen LogP contribution in [0.2, 0.25) is 0 Å². The zero-order chi connectivity index (χ0) is 13.2.